The van der Waals surface area contributed by atoms with Crippen molar-refractivity contribution in [2.75, 3.05) is 0 Å². The molecule has 1 nitrogen and oxygen atoms in total. The lowest BCUT2D eigenvalue weighted by Crippen LogP contribution is -2.15. The van der Waals surface area contributed by atoms with Crippen LogP contribution in [0.5, 0.6) is 0 Å². The summed E-state index contributed by atoms with van der Waals surface area (Å²) in [4.78, 5) is 3.42. The lowest BCUT2D eigenvalue weighted by atomic mass is 9.77. The average Bonchev–Trinajstić information content (AvgIpc) is 3.12. The summed E-state index contributed by atoms with van der Waals surface area (Å²) in [5.74, 6) is 2.92. The van der Waals surface area contributed by atoms with Gasteiger partial charge in [-0.25, -0.2) is 0 Å². The van der Waals surface area contributed by atoms with Crippen LogP contribution in [0.1, 0.15) is 61.6 Å². The van der Waals surface area contributed by atoms with Crippen LogP contribution in [0, 0.1) is 31.6 Å². The molecule has 23 heavy (non-hydrogen) atoms. The minimum absolute atomic E-state index is 0.370. The first kappa shape index (κ1) is 15.9. The van der Waals surface area contributed by atoms with Gasteiger partial charge >= 0.3 is 0 Å². The van der Waals surface area contributed by atoms with E-state index >= 15 is 0 Å². The third-order valence-corrected chi connectivity index (χ3v) is 5.60. The van der Waals surface area contributed by atoms with Gasteiger partial charge in [0, 0.05) is 29.1 Å². The standard InChI is InChI=1S/C22H27N/c1-5-9-22(10-6-7-11-22)12-8-17(3)19-15-23-20-14-16(2)13-18(4)21(19)20/h1,13-15,23H,3,6-12H2,2,4H3. The van der Waals surface area contributed by atoms with Gasteiger partial charge in [-0.15, -0.1) is 12.3 Å². The van der Waals surface area contributed by atoms with Gasteiger partial charge in [-0.1, -0.05) is 25.5 Å². The summed E-state index contributed by atoms with van der Waals surface area (Å²) in [6.07, 6.45) is 16.1. The molecule has 0 aliphatic heterocycles. The molecule has 1 aliphatic carbocycles. The van der Waals surface area contributed by atoms with E-state index in [4.69, 9.17) is 6.42 Å². The second kappa shape index (κ2) is 6.28. The number of hydrogen-bond donors (Lipinski definition) is 1. The van der Waals surface area contributed by atoms with E-state index in [1.165, 1.54) is 65.3 Å². The van der Waals surface area contributed by atoms with Crippen molar-refractivity contribution >= 4 is 16.5 Å². The molecule has 0 bridgehead atoms. The van der Waals surface area contributed by atoms with Crippen LogP contribution in [0.25, 0.3) is 16.5 Å². The van der Waals surface area contributed by atoms with Crippen LogP contribution in [0.2, 0.25) is 0 Å². The number of aryl methyl sites for hydroxylation is 2. The highest BCUT2D eigenvalue weighted by Crippen LogP contribution is 2.46. The fraction of sp³-hybridized carbons (Fsp3) is 0.455. The quantitative estimate of drug-likeness (QED) is 0.636. The first-order valence-electron chi connectivity index (χ1n) is 8.75. The zero-order valence-electron chi connectivity index (χ0n) is 14.5. The summed E-state index contributed by atoms with van der Waals surface area (Å²) in [6.45, 7) is 8.73. The molecule has 0 atom stereocenters. The average molecular weight is 305 g/mol. The van der Waals surface area contributed by atoms with Gasteiger partial charge in [0.2, 0.25) is 0 Å². The summed E-state index contributed by atoms with van der Waals surface area (Å²) >= 11 is 0. The minimum atomic E-state index is 0.370. The fourth-order valence-corrected chi connectivity index (χ4v) is 4.35. The molecule has 1 fully saturated rings. The maximum atomic E-state index is 5.63. The van der Waals surface area contributed by atoms with Crippen LogP contribution in [-0.4, -0.2) is 4.98 Å². The van der Waals surface area contributed by atoms with Crippen LogP contribution in [0.3, 0.4) is 0 Å². The first-order valence-corrected chi connectivity index (χ1v) is 8.75. The molecule has 0 amide bonds. The maximum Gasteiger partial charge on any atom is 0.0465 e. The summed E-state index contributed by atoms with van der Waals surface area (Å²) in [5, 5.41) is 1.33. The van der Waals surface area contributed by atoms with E-state index < -0.39 is 0 Å². The molecule has 120 valence electrons. The Kier molecular flexibility index (Phi) is 4.35. The van der Waals surface area contributed by atoms with Crippen LogP contribution in [0.4, 0.5) is 0 Å². The van der Waals surface area contributed by atoms with E-state index in [1.807, 2.05) is 0 Å². The van der Waals surface area contributed by atoms with Crippen molar-refractivity contribution < 1.29 is 0 Å². The van der Waals surface area contributed by atoms with Crippen LogP contribution < -0.4 is 0 Å². The monoisotopic (exact) mass is 305 g/mol. The van der Waals surface area contributed by atoms with E-state index in [-0.39, 0.29) is 0 Å². The maximum absolute atomic E-state index is 5.63. The van der Waals surface area contributed by atoms with Crippen LogP contribution >= 0.6 is 0 Å². The van der Waals surface area contributed by atoms with E-state index in [0.717, 1.165) is 12.8 Å². The highest BCUT2D eigenvalue weighted by atomic mass is 14.7. The van der Waals surface area contributed by atoms with Crippen molar-refractivity contribution in [2.45, 2.75) is 58.8 Å². The third-order valence-electron chi connectivity index (χ3n) is 5.60. The molecule has 0 radical (unpaired) electrons. The largest absolute Gasteiger partial charge is 0.361 e. The Bertz CT molecular complexity index is 763. The summed E-state index contributed by atoms with van der Waals surface area (Å²) in [7, 11) is 0. The number of terminal acetylenes is 1. The van der Waals surface area contributed by atoms with Crippen molar-refractivity contribution in [1.29, 1.82) is 0 Å². The van der Waals surface area contributed by atoms with E-state index in [2.05, 4.69) is 49.7 Å². The van der Waals surface area contributed by atoms with Crippen molar-refractivity contribution in [3.63, 3.8) is 0 Å². The Morgan fingerprint density at radius 1 is 1.30 bits per heavy atom. The number of rotatable bonds is 5. The Labute approximate surface area is 140 Å². The van der Waals surface area contributed by atoms with Gasteiger partial charge in [0.05, 0.1) is 0 Å². The van der Waals surface area contributed by atoms with Crippen molar-refractivity contribution in [1.82, 2.24) is 4.98 Å². The Morgan fingerprint density at radius 3 is 2.74 bits per heavy atom. The van der Waals surface area contributed by atoms with Crippen molar-refractivity contribution in [3.05, 3.63) is 41.6 Å². The summed E-state index contributed by atoms with van der Waals surface area (Å²) in [6, 6.07) is 4.47. The summed E-state index contributed by atoms with van der Waals surface area (Å²) < 4.78 is 0. The molecule has 0 unspecified atom stereocenters. The van der Waals surface area contributed by atoms with Gasteiger partial charge in [0.25, 0.3) is 0 Å². The van der Waals surface area contributed by atoms with Crippen molar-refractivity contribution in [3.8, 4) is 12.3 Å². The SMILES string of the molecule is C#CCC1(CCC(=C)c2c[nH]c3cc(C)cc(C)c23)CCCC1. The smallest absolute Gasteiger partial charge is 0.0465 e. The molecule has 1 N–H and O–H groups in total. The van der Waals surface area contributed by atoms with E-state index in [0.29, 0.717) is 5.41 Å². The lowest BCUT2D eigenvalue weighted by Gasteiger charge is -2.27. The number of allylic oxidation sites excluding steroid dienone is 1. The molecular weight excluding hydrogens is 278 g/mol. The molecule has 1 aliphatic rings. The molecule has 1 aromatic heterocycles. The molecule has 0 spiro atoms. The minimum Gasteiger partial charge on any atom is -0.361 e. The van der Waals surface area contributed by atoms with Gasteiger partial charge < -0.3 is 4.98 Å². The molecule has 3 rings (SSSR count). The first-order chi connectivity index (χ1) is 11.0. The molecule has 1 aromatic carbocycles. The second-order valence-corrected chi connectivity index (χ2v) is 7.40. The molecule has 1 saturated carbocycles. The highest BCUT2D eigenvalue weighted by molar-refractivity contribution is 5.94. The number of nitrogens with one attached hydrogen (secondary N) is 1. The number of aromatic nitrogens is 1. The predicted molar refractivity (Wildman–Crippen MR) is 100 cm³/mol. The van der Waals surface area contributed by atoms with Crippen LogP contribution in [0.15, 0.2) is 24.9 Å². The molecule has 1 heteroatoms. The van der Waals surface area contributed by atoms with Gasteiger partial charge in [0.15, 0.2) is 0 Å². The fourth-order valence-electron chi connectivity index (χ4n) is 4.35. The van der Waals surface area contributed by atoms with Gasteiger partial charge in [-0.2, -0.15) is 0 Å². The number of benzene rings is 1. The van der Waals surface area contributed by atoms with Crippen LogP contribution in [-0.2, 0) is 0 Å². The second-order valence-electron chi connectivity index (χ2n) is 7.40. The number of hydrogen-bond acceptors (Lipinski definition) is 0. The molecule has 1 heterocycles. The normalized spacial score (nSPS) is 16.6. The number of fused-ring (bicyclic) bond motifs is 1. The zero-order valence-corrected chi connectivity index (χ0v) is 14.5. The predicted octanol–water partition coefficient (Wildman–Crippen LogP) is 6.16. The Morgan fingerprint density at radius 2 is 2.04 bits per heavy atom. The Balaban J connectivity index is 1.80. The Hall–Kier alpha value is -1.94. The summed E-state index contributed by atoms with van der Waals surface area (Å²) in [5.41, 5.74) is 6.75. The van der Waals surface area contributed by atoms with E-state index in [1.54, 1.807) is 0 Å². The lowest BCUT2D eigenvalue weighted by molar-refractivity contribution is 0.284. The zero-order chi connectivity index (χ0) is 16.4. The van der Waals surface area contributed by atoms with Gasteiger partial charge in [-0.3, -0.25) is 0 Å². The van der Waals surface area contributed by atoms with E-state index in [9.17, 15) is 0 Å². The van der Waals surface area contributed by atoms with Crippen molar-refractivity contribution in [2.24, 2.45) is 5.41 Å². The third kappa shape index (κ3) is 3.08. The topological polar surface area (TPSA) is 15.8 Å². The molecular formula is C22H27N. The van der Waals surface area contributed by atoms with Gasteiger partial charge in [-0.05, 0) is 67.7 Å². The molecule has 0 saturated heterocycles. The number of aromatic amines is 1. The van der Waals surface area contributed by atoms with Gasteiger partial charge in [0.1, 0.15) is 0 Å². The number of H-pyrrole nitrogens is 1. The molecule has 2 aromatic rings. The highest BCUT2D eigenvalue weighted by Gasteiger charge is 2.32.